The molecule has 1 fully saturated rings. The summed E-state index contributed by atoms with van der Waals surface area (Å²) < 4.78 is 10.9. The second-order valence-corrected chi connectivity index (χ2v) is 3.99. The molecule has 13 heavy (non-hydrogen) atoms. The molecule has 0 aliphatic heterocycles. The Hall–Kier alpha value is -0.120. The van der Waals surface area contributed by atoms with E-state index in [1.807, 2.05) is 13.8 Å². The van der Waals surface area contributed by atoms with Gasteiger partial charge >= 0.3 is 0 Å². The van der Waals surface area contributed by atoms with E-state index >= 15 is 0 Å². The van der Waals surface area contributed by atoms with Crippen LogP contribution in [0, 0.1) is 5.92 Å². The molecule has 0 aromatic carbocycles. The van der Waals surface area contributed by atoms with Gasteiger partial charge in [-0.25, -0.2) is 0 Å². The lowest BCUT2D eigenvalue weighted by molar-refractivity contribution is -0.0584. The van der Waals surface area contributed by atoms with E-state index in [2.05, 4.69) is 0 Å². The zero-order valence-corrected chi connectivity index (χ0v) is 8.66. The monoisotopic (exact) mass is 187 g/mol. The van der Waals surface area contributed by atoms with Crippen LogP contribution < -0.4 is 5.73 Å². The van der Waals surface area contributed by atoms with Gasteiger partial charge < -0.3 is 15.2 Å². The zero-order chi connectivity index (χ0) is 9.68. The molecule has 1 saturated carbocycles. The molecule has 1 aliphatic rings. The van der Waals surface area contributed by atoms with Crippen molar-refractivity contribution in [2.75, 3.05) is 19.8 Å². The normalized spacial score (nSPS) is 27.7. The summed E-state index contributed by atoms with van der Waals surface area (Å²) in [4.78, 5) is 0. The molecule has 0 unspecified atom stereocenters. The minimum absolute atomic E-state index is 0.307. The van der Waals surface area contributed by atoms with Crippen LogP contribution >= 0.6 is 0 Å². The molecule has 1 aliphatic carbocycles. The SMILES string of the molecule is CC(C)OCCOC1CC(CN)C1. The van der Waals surface area contributed by atoms with Crippen LogP contribution in [0.3, 0.4) is 0 Å². The minimum atomic E-state index is 0.307. The maximum absolute atomic E-state index is 5.58. The van der Waals surface area contributed by atoms with E-state index in [1.54, 1.807) is 0 Å². The summed E-state index contributed by atoms with van der Waals surface area (Å²) in [6.45, 7) is 6.31. The van der Waals surface area contributed by atoms with Crippen LogP contribution in [0.25, 0.3) is 0 Å². The van der Waals surface area contributed by atoms with Gasteiger partial charge in [0.1, 0.15) is 0 Å². The van der Waals surface area contributed by atoms with Gasteiger partial charge in [-0.05, 0) is 39.2 Å². The van der Waals surface area contributed by atoms with Crippen molar-refractivity contribution in [3.8, 4) is 0 Å². The van der Waals surface area contributed by atoms with Crippen molar-refractivity contribution < 1.29 is 9.47 Å². The summed E-state index contributed by atoms with van der Waals surface area (Å²) in [6, 6.07) is 0. The van der Waals surface area contributed by atoms with Gasteiger partial charge in [-0.3, -0.25) is 0 Å². The summed E-state index contributed by atoms with van der Waals surface area (Å²) in [5.41, 5.74) is 5.51. The summed E-state index contributed by atoms with van der Waals surface area (Å²) >= 11 is 0. The largest absolute Gasteiger partial charge is 0.376 e. The van der Waals surface area contributed by atoms with Gasteiger partial charge in [0.2, 0.25) is 0 Å². The van der Waals surface area contributed by atoms with E-state index in [1.165, 1.54) is 0 Å². The molecule has 0 radical (unpaired) electrons. The first-order chi connectivity index (χ1) is 6.22. The van der Waals surface area contributed by atoms with Crippen molar-refractivity contribution >= 4 is 0 Å². The van der Waals surface area contributed by atoms with Crippen LogP contribution in [0.15, 0.2) is 0 Å². The van der Waals surface area contributed by atoms with Crippen LogP contribution in [0.2, 0.25) is 0 Å². The number of hydrogen-bond acceptors (Lipinski definition) is 3. The molecule has 1 rings (SSSR count). The molecule has 0 atom stereocenters. The van der Waals surface area contributed by atoms with Crippen molar-refractivity contribution in [2.24, 2.45) is 11.7 Å². The third-order valence-corrected chi connectivity index (χ3v) is 2.41. The van der Waals surface area contributed by atoms with E-state index in [-0.39, 0.29) is 0 Å². The van der Waals surface area contributed by atoms with Crippen molar-refractivity contribution in [1.29, 1.82) is 0 Å². The van der Waals surface area contributed by atoms with E-state index in [0.717, 1.165) is 26.0 Å². The predicted octanol–water partition coefficient (Wildman–Crippen LogP) is 1.17. The van der Waals surface area contributed by atoms with E-state index in [0.29, 0.717) is 24.7 Å². The summed E-state index contributed by atoms with van der Waals surface area (Å²) in [5, 5.41) is 0. The first kappa shape index (κ1) is 11.0. The Morgan fingerprint density at radius 1 is 1.31 bits per heavy atom. The predicted molar refractivity (Wildman–Crippen MR) is 52.6 cm³/mol. The molecule has 0 aromatic rings. The molecule has 0 aromatic heterocycles. The Labute approximate surface area is 80.6 Å². The number of ether oxygens (including phenoxy) is 2. The molecular formula is C10H21NO2. The van der Waals surface area contributed by atoms with E-state index in [4.69, 9.17) is 15.2 Å². The standard InChI is InChI=1S/C10H21NO2/c1-8(2)12-3-4-13-10-5-9(6-10)7-11/h8-10H,3-7,11H2,1-2H3. The Morgan fingerprint density at radius 3 is 2.54 bits per heavy atom. The summed E-state index contributed by atoms with van der Waals surface area (Å²) in [6.07, 6.45) is 3.03. The Bertz CT molecular complexity index is 133. The van der Waals surface area contributed by atoms with Crippen LogP contribution in [-0.4, -0.2) is 32.0 Å². The summed E-state index contributed by atoms with van der Waals surface area (Å²) in [5.74, 6) is 0.705. The molecular weight excluding hydrogens is 166 g/mol. The fraction of sp³-hybridized carbons (Fsp3) is 1.00. The lowest BCUT2D eigenvalue weighted by Crippen LogP contribution is -2.36. The number of rotatable bonds is 6. The highest BCUT2D eigenvalue weighted by Gasteiger charge is 2.28. The molecule has 78 valence electrons. The Kier molecular flexibility index (Phi) is 4.70. The molecule has 3 nitrogen and oxygen atoms in total. The molecule has 2 N–H and O–H groups in total. The van der Waals surface area contributed by atoms with Crippen LogP contribution in [0.1, 0.15) is 26.7 Å². The second kappa shape index (κ2) is 5.58. The van der Waals surface area contributed by atoms with Crippen molar-refractivity contribution in [2.45, 2.75) is 38.9 Å². The van der Waals surface area contributed by atoms with Gasteiger partial charge in [0.15, 0.2) is 0 Å². The highest BCUT2D eigenvalue weighted by molar-refractivity contribution is 4.80. The molecule has 0 amide bonds. The van der Waals surface area contributed by atoms with Gasteiger partial charge in [-0.15, -0.1) is 0 Å². The quantitative estimate of drug-likeness (QED) is 0.635. The first-order valence-corrected chi connectivity index (χ1v) is 5.15. The van der Waals surface area contributed by atoms with Gasteiger partial charge in [-0.2, -0.15) is 0 Å². The lowest BCUT2D eigenvalue weighted by atomic mass is 9.82. The van der Waals surface area contributed by atoms with Crippen LogP contribution in [0.5, 0.6) is 0 Å². The van der Waals surface area contributed by atoms with Gasteiger partial charge in [0, 0.05) is 0 Å². The third-order valence-electron chi connectivity index (χ3n) is 2.41. The van der Waals surface area contributed by atoms with Crippen molar-refractivity contribution in [3.05, 3.63) is 0 Å². The van der Waals surface area contributed by atoms with E-state index < -0.39 is 0 Å². The average Bonchev–Trinajstić information content (AvgIpc) is 2.00. The highest BCUT2D eigenvalue weighted by Crippen LogP contribution is 2.28. The fourth-order valence-electron chi connectivity index (χ4n) is 1.50. The maximum atomic E-state index is 5.58. The third kappa shape index (κ3) is 4.07. The average molecular weight is 187 g/mol. The molecule has 0 heterocycles. The minimum Gasteiger partial charge on any atom is -0.376 e. The maximum Gasteiger partial charge on any atom is 0.0704 e. The Balaban J connectivity index is 1.85. The van der Waals surface area contributed by atoms with E-state index in [9.17, 15) is 0 Å². The van der Waals surface area contributed by atoms with Crippen LogP contribution in [0.4, 0.5) is 0 Å². The second-order valence-electron chi connectivity index (χ2n) is 3.99. The zero-order valence-electron chi connectivity index (χ0n) is 8.66. The van der Waals surface area contributed by atoms with Gasteiger partial charge in [0.25, 0.3) is 0 Å². The lowest BCUT2D eigenvalue weighted by Gasteiger charge is -2.34. The molecule has 0 spiro atoms. The Morgan fingerprint density at radius 2 is 2.00 bits per heavy atom. The first-order valence-electron chi connectivity index (χ1n) is 5.15. The highest BCUT2D eigenvalue weighted by atomic mass is 16.5. The molecule has 0 saturated heterocycles. The topological polar surface area (TPSA) is 44.5 Å². The number of hydrogen-bond donors (Lipinski definition) is 1. The van der Waals surface area contributed by atoms with Crippen LogP contribution in [-0.2, 0) is 9.47 Å². The fourth-order valence-corrected chi connectivity index (χ4v) is 1.50. The molecule has 3 heteroatoms. The van der Waals surface area contributed by atoms with Crippen molar-refractivity contribution in [1.82, 2.24) is 0 Å². The van der Waals surface area contributed by atoms with Gasteiger partial charge in [0.05, 0.1) is 25.4 Å². The number of nitrogens with two attached hydrogens (primary N) is 1. The van der Waals surface area contributed by atoms with Gasteiger partial charge in [-0.1, -0.05) is 0 Å². The summed E-state index contributed by atoms with van der Waals surface area (Å²) in [7, 11) is 0. The molecule has 0 bridgehead atoms. The smallest absolute Gasteiger partial charge is 0.0704 e. The van der Waals surface area contributed by atoms with Crippen molar-refractivity contribution in [3.63, 3.8) is 0 Å².